The molecule has 1 aliphatic heterocycles. The Kier molecular flexibility index (Phi) is 5.92. The van der Waals surface area contributed by atoms with Gasteiger partial charge in [0, 0.05) is 24.8 Å². The van der Waals surface area contributed by atoms with E-state index >= 15 is 0 Å². The summed E-state index contributed by atoms with van der Waals surface area (Å²) in [5, 5.41) is 14.7. The molecular weight excluding hydrogens is 352 g/mol. The summed E-state index contributed by atoms with van der Waals surface area (Å²) in [6, 6.07) is 8.40. The summed E-state index contributed by atoms with van der Waals surface area (Å²) in [4.78, 5) is 18.1. The highest BCUT2D eigenvalue weighted by Gasteiger charge is 2.22. The van der Waals surface area contributed by atoms with E-state index in [9.17, 15) is 4.79 Å². The van der Waals surface area contributed by atoms with E-state index in [-0.39, 0.29) is 17.4 Å². The third-order valence-corrected chi connectivity index (χ3v) is 4.82. The molecule has 3 rings (SSSR count). The van der Waals surface area contributed by atoms with Crippen molar-refractivity contribution in [1.82, 2.24) is 20.1 Å². The van der Waals surface area contributed by atoms with Crippen LogP contribution in [-0.2, 0) is 10.2 Å². The lowest BCUT2D eigenvalue weighted by molar-refractivity contribution is -0.127. The summed E-state index contributed by atoms with van der Waals surface area (Å²) in [5.74, 6) is 1.03. The van der Waals surface area contributed by atoms with Gasteiger partial charge in [0.1, 0.15) is 0 Å². The van der Waals surface area contributed by atoms with Crippen molar-refractivity contribution >= 4 is 23.4 Å². The number of hydrogen-bond donors (Lipinski definition) is 2. The fourth-order valence-electron chi connectivity index (χ4n) is 3.23. The van der Waals surface area contributed by atoms with E-state index in [0.717, 1.165) is 25.1 Å². The van der Waals surface area contributed by atoms with Gasteiger partial charge in [-0.05, 0) is 42.0 Å². The fourth-order valence-corrected chi connectivity index (χ4v) is 3.23. The third kappa shape index (κ3) is 5.06. The standard InChI is InChI=1S/C21H28N6O/c1-5-19(28)27-12-6-7-17(14-27)24-20-25-18(13-22-26-20)23-16-10-8-15(9-11-16)21(2,3)4/h5,8-11,13,17H,1,6-7,12,14H2,2-4H3,(H2,23,24,25,26). The molecule has 1 fully saturated rings. The zero-order valence-corrected chi connectivity index (χ0v) is 16.8. The zero-order valence-electron chi connectivity index (χ0n) is 16.8. The predicted octanol–water partition coefficient (Wildman–Crippen LogP) is 3.50. The maximum atomic E-state index is 11.8. The monoisotopic (exact) mass is 380 g/mol. The molecule has 1 aliphatic rings. The van der Waals surface area contributed by atoms with E-state index in [4.69, 9.17) is 0 Å². The van der Waals surface area contributed by atoms with Gasteiger partial charge in [-0.25, -0.2) is 0 Å². The fraction of sp³-hybridized carbons (Fsp3) is 0.429. The molecule has 0 radical (unpaired) electrons. The second-order valence-electron chi connectivity index (χ2n) is 8.09. The molecule has 1 unspecified atom stereocenters. The molecule has 1 saturated heterocycles. The van der Waals surface area contributed by atoms with Crippen LogP contribution in [0.1, 0.15) is 39.2 Å². The molecule has 2 aromatic rings. The molecule has 1 amide bonds. The highest BCUT2D eigenvalue weighted by Crippen LogP contribution is 2.24. The van der Waals surface area contributed by atoms with E-state index in [1.807, 2.05) is 12.1 Å². The maximum absolute atomic E-state index is 11.8. The summed E-state index contributed by atoms with van der Waals surface area (Å²) in [6.07, 6.45) is 4.84. The number of amides is 1. The number of nitrogens with one attached hydrogen (secondary N) is 2. The summed E-state index contributed by atoms with van der Waals surface area (Å²) in [5.41, 5.74) is 2.34. The molecule has 7 nitrogen and oxygen atoms in total. The number of benzene rings is 1. The van der Waals surface area contributed by atoms with E-state index in [1.54, 1.807) is 11.1 Å². The van der Waals surface area contributed by atoms with Gasteiger partial charge in [-0.15, -0.1) is 5.10 Å². The second-order valence-corrected chi connectivity index (χ2v) is 8.09. The average molecular weight is 380 g/mol. The third-order valence-electron chi connectivity index (χ3n) is 4.82. The van der Waals surface area contributed by atoms with Gasteiger partial charge in [0.15, 0.2) is 5.82 Å². The largest absolute Gasteiger partial charge is 0.348 e. The molecule has 148 valence electrons. The van der Waals surface area contributed by atoms with Crippen LogP contribution in [-0.4, -0.2) is 45.1 Å². The van der Waals surface area contributed by atoms with Crippen molar-refractivity contribution in [3.05, 3.63) is 48.7 Å². The first-order chi connectivity index (χ1) is 13.3. The SMILES string of the molecule is C=CC(=O)N1CCCC(Nc2nncc(Nc3ccc(C(C)(C)C)cc3)n2)C1. The summed E-state index contributed by atoms with van der Waals surface area (Å²) < 4.78 is 0. The van der Waals surface area contributed by atoms with Gasteiger partial charge in [-0.1, -0.05) is 39.5 Å². The predicted molar refractivity (Wildman–Crippen MR) is 112 cm³/mol. The highest BCUT2D eigenvalue weighted by atomic mass is 16.2. The lowest BCUT2D eigenvalue weighted by Crippen LogP contribution is -2.44. The van der Waals surface area contributed by atoms with Gasteiger partial charge >= 0.3 is 0 Å². The summed E-state index contributed by atoms with van der Waals surface area (Å²) in [6.45, 7) is 11.5. The number of carbonyl (C=O) groups is 1. The molecule has 2 heterocycles. The Morgan fingerprint density at radius 2 is 2.04 bits per heavy atom. The number of piperidine rings is 1. The Labute approximate surface area is 166 Å². The number of anilines is 3. The number of aromatic nitrogens is 3. The Balaban J connectivity index is 1.64. The van der Waals surface area contributed by atoms with Crippen molar-refractivity contribution in [3.8, 4) is 0 Å². The lowest BCUT2D eigenvalue weighted by Gasteiger charge is -2.32. The maximum Gasteiger partial charge on any atom is 0.246 e. The minimum atomic E-state index is -0.0420. The molecule has 0 aliphatic carbocycles. The highest BCUT2D eigenvalue weighted by molar-refractivity contribution is 5.87. The molecule has 1 aromatic heterocycles. The number of rotatable bonds is 5. The van der Waals surface area contributed by atoms with Crippen molar-refractivity contribution in [2.24, 2.45) is 0 Å². The van der Waals surface area contributed by atoms with Gasteiger partial charge in [0.25, 0.3) is 0 Å². The van der Waals surface area contributed by atoms with Crippen LogP contribution >= 0.6 is 0 Å². The Hall–Kier alpha value is -2.96. The van der Waals surface area contributed by atoms with Crippen molar-refractivity contribution < 1.29 is 4.79 Å². The van der Waals surface area contributed by atoms with Gasteiger partial charge < -0.3 is 15.5 Å². The zero-order chi connectivity index (χ0) is 20.1. The van der Waals surface area contributed by atoms with Crippen molar-refractivity contribution in [3.63, 3.8) is 0 Å². The van der Waals surface area contributed by atoms with Gasteiger partial charge in [-0.3, -0.25) is 4.79 Å². The number of hydrogen-bond acceptors (Lipinski definition) is 6. The molecule has 0 saturated carbocycles. The molecule has 7 heteroatoms. The first-order valence-corrected chi connectivity index (χ1v) is 9.60. The Bertz CT molecular complexity index is 828. The normalized spacial score (nSPS) is 17.1. The number of nitrogens with zero attached hydrogens (tertiary/aromatic N) is 4. The minimum absolute atomic E-state index is 0.0420. The van der Waals surface area contributed by atoms with Crippen LogP contribution in [0.3, 0.4) is 0 Å². The van der Waals surface area contributed by atoms with Gasteiger partial charge in [0.05, 0.1) is 6.20 Å². The number of likely N-dealkylation sites (tertiary alicyclic amines) is 1. The summed E-state index contributed by atoms with van der Waals surface area (Å²) in [7, 11) is 0. The van der Waals surface area contributed by atoms with Crippen molar-refractivity contribution in [2.45, 2.75) is 45.1 Å². The molecular formula is C21H28N6O. The van der Waals surface area contributed by atoms with Crippen LogP contribution in [0.2, 0.25) is 0 Å². The van der Waals surface area contributed by atoms with E-state index in [2.05, 4.69) is 65.3 Å². The van der Waals surface area contributed by atoms with Crippen LogP contribution < -0.4 is 10.6 Å². The van der Waals surface area contributed by atoms with E-state index < -0.39 is 0 Å². The Morgan fingerprint density at radius 3 is 2.71 bits per heavy atom. The topological polar surface area (TPSA) is 83.0 Å². The summed E-state index contributed by atoms with van der Waals surface area (Å²) >= 11 is 0. The molecule has 2 N–H and O–H groups in total. The van der Waals surface area contributed by atoms with Crippen LogP contribution in [0.25, 0.3) is 0 Å². The first-order valence-electron chi connectivity index (χ1n) is 9.60. The van der Waals surface area contributed by atoms with E-state index in [1.165, 1.54) is 11.6 Å². The van der Waals surface area contributed by atoms with Gasteiger partial charge in [-0.2, -0.15) is 10.1 Å². The molecule has 1 aromatic carbocycles. The lowest BCUT2D eigenvalue weighted by atomic mass is 9.87. The van der Waals surface area contributed by atoms with Crippen LogP contribution in [0, 0.1) is 0 Å². The molecule has 0 spiro atoms. The van der Waals surface area contributed by atoms with Crippen LogP contribution in [0.15, 0.2) is 43.1 Å². The minimum Gasteiger partial charge on any atom is -0.348 e. The number of carbonyl (C=O) groups excluding carboxylic acids is 1. The van der Waals surface area contributed by atoms with Crippen molar-refractivity contribution in [1.29, 1.82) is 0 Å². The average Bonchev–Trinajstić information content (AvgIpc) is 2.67. The van der Waals surface area contributed by atoms with Gasteiger partial charge in [0.2, 0.25) is 11.9 Å². The van der Waals surface area contributed by atoms with Crippen LogP contribution in [0.4, 0.5) is 17.5 Å². The van der Waals surface area contributed by atoms with Crippen molar-refractivity contribution in [2.75, 3.05) is 23.7 Å². The molecule has 1 atom stereocenters. The smallest absolute Gasteiger partial charge is 0.246 e. The van der Waals surface area contributed by atoms with Crippen LogP contribution in [0.5, 0.6) is 0 Å². The van der Waals surface area contributed by atoms with E-state index in [0.29, 0.717) is 18.3 Å². The Morgan fingerprint density at radius 1 is 1.29 bits per heavy atom. The first kappa shape index (κ1) is 19.8. The quantitative estimate of drug-likeness (QED) is 0.773. The second kappa shape index (κ2) is 8.37. The molecule has 28 heavy (non-hydrogen) atoms. The molecule has 0 bridgehead atoms.